The standard InChI is InChI=1S/C35H35F3N4O5/c36-35(37,38)25-9-5-8-22(17-25)24-18-27(29-19-23-7-1-2-11-28(23)40-29)33(39-20-24)34(46)42-15-4-3-12-30(42)41-16-6-10-26(41)21-47-32(45)14-13-31(43)44/h1-2,5,7-9,11,17-20,26,30,40H,3-4,6,10,12-16,21H2,(H,43,44)/t26-,30?/m0/s1. The first-order valence-electron chi connectivity index (χ1n) is 15.8. The van der Waals surface area contributed by atoms with Crippen molar-refractivity contribution in [1.82, 2.24) is 19.8 Å². The third-order valence-corrected chi connectivity index (χ3v) is 8.95. The Balaban J connectivity index is 1.32. The molecule has 1 amide bonds. The number of pyridine rings is 1. The number of piperidine rings is 1. The predicted octanol–water partition coefficient (Wildman–Crippen LogP) is 6.74. The number of carboxylic acids is 1. The molecule has 0 bridgehead atoms. The molecule has 2 N–H and O–H groups in total. The Morgan fingerprint density at radius 1 is 0.936 bits per heavy atom. The van der Waals surface area contributed by atoms with E-state index >= 15 is 0 Å². The molecule has 2 saturated heterocycles. The lowest BCUT2D eigenvalue weighted by atomic mass is 9.99. The fourth-order valence-corrected chi connectivity index (χ4v) is 6.62. The van der Waals surface area contributed by atoms with Gasteiger partial charge in [0.2, 0.25) is 0 Å². The number of aromatic amines is 1. The first kappa shape index (κ1) is 32.2. The third-order valence-electron chi connectivity index (χ3n) is 8.95. The Hall–Kier alpha value is -4.71. The van der Waals surface area contributed by atoms with E-state index in [-0.39, 0.29) is 43.3 Å². The molecule has 0 saturated carbocycles. The first-order chi connectivity index (χ1) is 22.6. The smallest absolute Gasteiger partial charge is 0.416 e. The number of carbonyl (C=O) groups is 3. The van der Waals surface area contributed by atoms with E-state index in [1.165, 1.54) is 12.3 Å². The number of H-pyrrole nitrogens is 1. The molecule has 0 radical (unpaired) electrons. The van der Waals surface area contributed by atoms with Crippen LogP contribution in [0, 0.1) is 0 Å². The molecule has 9 nitrogen and oxygen atoms in total. The zero-order chi connectivity index (χ0) is 33.1. The Bertz CT molecular complexity index is 1760. The quantitative estimate of drug-likeness (QED) is 0.193. The van der Waals surface area contributed by atoms with Crippen molar-refractivity contribution in [2.45, 2.75) is 63.3 Å². The van der Waals surface area contributed by atoms with Crippen LogP contribution in [0.25, 0.3) is 33.3 Å². The number of aliphatic carboxylic acids is 1. The van der Waals surface area contributed by atoms with Crippen molar-refractivity contribution in [1.29, 1.82) is 0 Å². The average Bonchev–Trinajstić information content (AvgIpc) is 3.73. The lowest BCUT2D eigenvalue weighted by Gasteiger charge is -2.43. The number of carbonyl (C=O) groups excluding carboxylic acids is 2. The van der Waals surface area contributed by atoms with Gasteiger partial charge in [-0.1, -0.05) is 30.3 Å². The summed E-state index contributed by atoms with van der Waals surface area (Å²) < 4.78 is 46.1. The van der Waals surface area contributed by atoms with E-state index in [4.69, 9.17) is 9.84 Å². The maximum atomic E-state index is 14.5. The van der Waals surface area contributed by atoms with Crippen molar-refractivity contribution in [2.75, 3.05) is 19.7 Å². The predicted molar refractivity (Wildman–Crippen MR) is 168 cm³/mol. The SMILES string of the molecule is O=C(O)CCC(=O)OC[C@@H]1CCCN1C1CCCCN1C(=O)c1ncc(-c2cccc(C(F)(F)F)c2)cc1-c1cc2ccccc2[nH]1. The summed E-state index contributed by atoms with van der Waals surface area (Å²) in [4.78, 5) is 49.4. The molecular weight excluding hydrogens is 613 g/mol. The van der Waals surface area contributed by atoms with Gasteiger partial charge in [-0.3, -0.25) is 19.3 Å². The minimum absolute atomic E-state index is 0.112. The summed E-state index contributed by atoms with van der Waals surface area (Å²) in [5.74, 6) is -1.92. The summed E-state index contributed by atoms with van der Waals surface area (Å²) >= 11 is 0. The summed E-state index contributed by atoms with van der Waals surface area (Å²) in [5.41, 5.74) is 2.14. The minimum Gasteiger partial charge on any atom is -0.481 e. The molecule has 246 valence electrons. The summed E-state index contributed by atoms with van der Waals surface area (Å²) in [6, 6.07) is 16.2. The summed E-state index contributed by atoms with van der Waals surface area (Å²) in [5, 5.41) is 9.79. The highest BCUT2D eigenvalue weighted by molar-refractivity contribution is 6.01. The highest BCUT2D eigenvalue weighted by Gasteiger charge is 2.39. The van der Waals surface area contributed by atoms with Crippen LogP contribution in [-0.2, 0) is 20.5 Å². The van der Waals surface area contributed by atoms with Gasteiger partial charge in [0.05, 0.1) is 24.6 Å². The highest BCUT2D eigenvalue weighted by atomic mass is 19.4. The van der Waals surface area contributed by atoms with Gasteiger partial charge in [0.15, 0.2) is 0 Å². The minimum atomic E-state index is -4.51. The molecule has 2 aliphatic rings. The van der Waals surface area contributed by atoms with Crippen molar-refractivity contribution in [3.8, 4) is 22.4 Å². The Morgan fingerprint density at radius 3 is 2.55 bits per heavy atom. The zero-order valence-corrected chi connectivity index (χ0v) is 25.6. The number of halogens is 3. The summed E-state index contributed by atoms with van der Waals surface area (Å²) in [6.45, 7) is 1.32. The number of para-hydroxylation sites is 1. The highest BCUT2D eigenvalue weighted by Crippen LogP contribution is 2.36. The van der Waals surface area contributed by atoms with E-state index < -0.39 is 23.7 Å². The van der Waals surface area contributed by atoms with Gasteiger partial charge in [-0.15, -0.1) is 0 Å². The second-order valence-corrected chi connectivity index (χ2v) is 12.1. The largest absolute Gasteiger partial charge is 0.481 e. The normalized spacial score (nSPS) is 18.8. The van der Waals surface area contributed by atoms with Gasteiger partial charge in [-0.05, 0) is 68.0 Å². The van der Waals surface area contributed by atoms with Crippen LogP contribution in [0.2, 0.25) is 0 Å². The molecule has 2 fully saturated rings. The van der Waals surface area contributed by atoms with Crippen molar-refractivity contribution in [3.63, 3.8) is 0 Å². The van der Waals surface area contributed by atoms with Crippen molar-refractivity contribution in [3.05, 3.63) is 78.1 Å². The number of ether oxygens (including phenoxy) is 1. The van der Waals surface area contributed by atoms with Crippen LogP contribution in [0.4, 0.5) is 13.2 Å². The Labute approximate surface area is 269 Å². The van der Waals surface area contributed by atoms with E-state index in [0.717, 1.165) is 55.1 Å². The van der Waals surface area contributed by atoms with Gasteiger partial charge in [0, 0.05) is 53.1 Å². The molecule has 2 aliphatic heterocycles. The zero-order valence-electron chi connectivity index (χ0n) is 25.6. The number of carboxylic acid groups (broad SMARTS) is 1. The molecule has 2 aromatic heterocycles. The van der Waals surface area contributed by atoms with Crippen molar-refractivity contribution in [2.24, 2.45) is 0 Å². The number of esters is 1. The van der Waals surface area contributed by atoms with Crippen LogP contribution in [0.5, 0.6) is 0 Å². The van der Waals surface area contributed by atoms with E-state index in [2.05, 4.69) is 14.9 Å². The van der Waals surface area contributed by atoms with E-state index in [1.54, 1.807) is 12.1 Å². The number of likely N-dealkylation sites (tertiary alicyclic amines) is 2. The lowest BCUT2D eigenvalue weighted by molar-refractivity contribution is -0.149. The molecule has 12 heteroatoms. The number of hydrogen-bond donors (Lipinski definition) is 2. The van der Waals surface area contributed by atoms with Gasteiger partial charge in [-0.2, -0.15) is 13.2 Å². The lowest BCUT2D eigenvalue weighted by Crippen LogP contribution is -2.55. The van der Waals surface area contributed by atoms with Crippen LogP contribution in [0.1, 0.15) is 61.0 Å². The van der Waals surface area contributed by atoms with Crippen LogP contribution in [0.3, 0.4) is 0 Å². The summed E-state index contributed by atoms with van der Waals surface area (Å²) in [6.07, 6.45) is 0.249. The second-order valence-electron chi connectivity index (χ2n) is 12.1. The van der Waals surface area contributed by atoms with Crippen LogP contribution in [0.15, 0.2) is 66.9 Å². The van der Waals surface area contributed by atoms with E-state index in [9.17, 15) is 27.6 Å². The molecule has 2 atom stereocenters. The molecule has 2 aromatic carbocycles. The molecule has 0 aliphatic carbocycles. The molecule has 47 heavy (non-hydrogen) atoms. The molecule has 4 aromatic rings. The molecule has 4 heterocycles. The van der Waals surface area contributed by atoms with Gasteiger partial charge >= 0.3 is 18.1 Å². The number of hydrogen-bond acceptors (Lipinski definition) is 6. The number of fused-ring (bicyclic) bond motifs is 1. The third kappa shape index (κ3) is 7.17. The van der Waals surface area contributed by atoms with Gasteiger partial charge in [0.25, 0.3) is 5.91 Å². The fraction of sp³-hybridized carbons (Fsp3) is 0.371. The van der Waals surface area contributed by atoms with Gasteiger partial charge in [0.1, 0.15) is 12.3 Å². The maximum absolute atomic E-state index is 14.5. The number of nitrogens with zero attached hydrogens (tertiary/aromatic N) is 3. The number of benzene rings is 2. The number of alkyl halides is 3. The average molecular weight is 649 g/mol. The Kier molecular flexibility index (Phi) is 9.31. The molecule has 6 rings (SSSR count). The Morgan fingerprint density at radius 2 is 1.77 bits per heavy atom. The van der Waals surface area contributed by atoms with Gasteiger partial charge < -0.3 is 19.7 Å². The first-order valence-corrected chi connectivity index (χ1v) is 15.8. The number of aromatic nitrogens is 2. The van der Waals surface area contributed by atoms with Crippen molar-refractivity contribution >= 4 is 28.7 Å². The second kappa shape index (κ2) is 13.6. The van der Waals surface area contributed by atoms with Crippen LogP contribution < -0.4 is 0 Å². The van der Waals surface area contributed by atoms with Gasteiger partial charge in [-0.25, -0.2) is 4.98 Å². The van der Waals surface area contributed by atoms with E-state index in [1.807, 2.05) is 35.2 Å². The number of amides is 1. The molecular formula is C35H35F3N4O5. The summed E-state index contributed by atoms with van der Waals surface area (Å²) in [7, 11) is 0. The molecule has 0 spiro atoms. The van der Waals surface area contributed by atoms with E-state index in [0.29, 0.717) is 35.5 Å². The number of nitrogens with one attached hydrogen (secondary N) is 1. The maximum Gasteiger partial charge on any atom is 0.416 e. The van der Waals surface area contributed by atoms with Crippen molar-refractivity contribution < 1.29 is 37.4 Å². The fourth-order valence-electron chi connectivity index (χ4n) is 6.62. The topological polar surface area (TPSA) is 116 Å². The monoisotopic (exact) mass is 648 g/mol. The van der Waals surface area contributed by atoms with Crippen LogP contribution in [-0.4, -0.2) is 74.6 Å². The number of rotatable bonds is 9. The van der Waals surface area contributed by atoms with Crippen LogP contribution >= 0.6 is 0 Å². The molecule has 1 unspecified atom stereocenters.